The number of esters is 1. The van der Waals surface area contributed by atoms with Crippen LogP contribution in [0.3, 0.4) is 0 Å². The molecule has 0 aliphatic rings. The zero-order valence-electron chi connectivity index (χ0n) is 22.2. The van der Waals surface area contributed by atoms with Gasteiger partial charge in [-0.05, 0) is 85.3 Å². The summed E-state index contributed by atoms with van der Waals surface area (Å²) in [6.07, 6.45) is 1.43. The third-order valence-corrected chi connectivity index (χ3v) is 6.01. The van der Waals surface area contributed by atoms with Crippen LogP contribution in [-0.4, -0.2) is 37.7 Å². The first-order chi connectivity index (χ1) is 19.9. The number of carbonyl (C=O) groups excluding carboxylic acids is 3. The van der Waals surface area contributed by atoms with E-state index in [1.807, 2.05) is 0 Å². The van der Waals surface area contributed by atoms with E-state index < -0.39 is 17.8 Å². The molecular formula is C31H26ClN3O6. The highest BCUT2D eigenvalue weighted by Crippen LogP contribution is 2.29. The number of rotatable bonds is 10. The first kappa shape index (κ1) is 28.8. The minimum atomic E-state index is -0.549. The topological polar surface area (TPSA) is 115 Å². The number of ether oxygens (including phenoxy) is 3. The Morgan fingerprint density at radius 1 is 0.854 bits per heavy atom. The smallest absolute Gasteiger partial charge is 0.343 e. The summed E-state index contributed by atoms with van der Waals surface area (Å²) in [5, 5.41) is 7.07. The Hall–Kier alpha value is -5.15. The van der Waals surface area contributed by atoms with Crippen LogP contribution in [0, 0.1) is 0 Å². The van der Waals surface area contributed by atoms with Crippen LogP contribution in [0.4, 0.5) is 5.69 Å². The fourth-order valence-corrected chi connectivity index (χ4v) is 3.88. The van der Waals surface area contributed by atoms with Crippen molar-refractivity contribution in [3.05, 3.63) is 118 Å². The highest BCUT2D eigenvalue weighted by atomic mass is 35.5. The van der Waals surface area contributed by atoms with Gasteiger partial charge in [0, 0.05) is 11.3 Å². The monoisotopic (exact) mass is 571 g/mol. The molecule has 0 radical (unpaired) electrons. The van der Waals surface area contributed by atoms with Crippen LogP contribution in [0.15, 0.2) is 96.1 Å². The number of hydrogen-bond donors (Lipinski definition) is 2. The minimum absolute atomic E-state index is 0.240. The fraction of sp³-hybridized carbons (Fsp3) is 0.0968. The van der Waals surface area contributed by atoms with E-state index >= 15 is 0 Å². The molecule has 0 saturated carbocycles. The molecule has 0 aliphatic heterocycles. The molecule has 10 heteroatoms. The van der Waals surface area contributed by atoms with Crippen molar-refractivity contribution < 1.29 is 28.6 Å². The lowest BCUT2D eigenvalue weighted by Crippen LogP contribution is -2.18. The number of benzene rings is 4. The standard InChI is InChI=1S/C31H26ClN3O6/c1-3-40-28-17-20(11-16-27(28)41-31(38)21-12-14-24(39-2)15-13-21)19-33-35-29(36)22-7-6-8-23(18-22)34-30(37)25-9-4-5-10-26(25)32/h4-19H,3H2,1-2H3,(H,34,37)(H,35,36). The maximum Gasteiger partial charge on any atom is 0.343 e. The minimum Gasteiger partial charge on any atom is -0.497 e. The molecule has 9 nitrogen and oxygen atoms in total. The maximum atomic E-state index is 12.7. The van der Waals surface area contributed by atoms with E-state index in [0.29, 0.717) is 45.5 Å². The predicted molar refractivity (Wildman–Crippen MR) is 156 cm³/mol. The van der Waals surface area contributed by atoms with Gasteiger partial charge in [0.25, 0.3) is 11.8 Å². The number of hydrazone groups is 1. The Morgan fingerprint density at radius 2 is 1.63 bits per heavy atom. The van der Waals surface area contributed by atoms with Gasteiger partial charge in [-0.1, -0.05) is 29.8 Å². The van der Waals surface area contributed by atoms with E-state index in [9.17, 15) is 14.4 Å². The third-order valence-electron chi connectivity index (χ3n) is 5.68. The molecule has 41 heavy (non-hydrogen) atoms. The van der Waals surface area contributed by atoms with Crippen LogP contribution >= 0.6 is 11.6 Å². The number of nitrogens with one attached hydrogen (secondary N) is 2. The SMILES string of the molecule is CCOc1cc(C=NNC(=O)c2cccc(NC(=O)c3ccccc3Cl)c2)ccc1OC(=O)c1ccc(OC)cc1. The lowest BCUT2D eigenvalue weighted by Gasteiger charge is -2.11. The zero-order chi connectivity index (χ0) is 29.2. The Balaban J connectivity index is 1.39. The molecule has 0 fully saturated rings. The van der Waals surface area contributed by atoms with Crippen molar-refractivity contribution in [1.29, 1.82) is 0 Å². The molecule has 0 unspecified atom stereocenters. The molecule has 4 aromatic carbocycles. The molecule has 0 atom stereocenters. The highest BCUT2D eigenvalue weighted by molar-refractivity contribution is 6.34. The number of carbonyl (C=O) groups is 3. The van der Waals surface area contributed by atoms with Crippen LogP contribution in [0.5, 0.6) is 17.2 Å². The second kappa shape index (κ2) is 13.8. The van der Waals surface area contributed by atoms with Crippen LogP contribution in [0.1, 0.15) is 43.6 Å². The van der Waals surface area contributed by atoms with E-state index in [2.05, 4.69) is 15.8 Å². The normalized spacial score (nSPS) is 10.6. The van der Waals surface area contributed by atoms with Crippen LogP contribution in [0.25, 0.3) is 0 Å². The van der Waals surface area contributed by atoms with Crippen molar-refractivity contribution in [1.82, 2.24) is 5.43 Å². The van der Waals surface area contributed by atoms with E-state index in [1.54, 1.807) is 99.0 Å². The average molecular weight is 572 g/mol. The molecule has 0 aromatic heterocycles. The first-order valence-electron chi connectivity index (χ1n) is 12.5. The lowest BCUT2D eigenvalue weighted by molar-refractivity contribution is 0.0728. The number of amides is 2. The number of hydrogen-bond acceptors (Lipinski definition) is 7. The van der Waals surface area contributed by atoms with Crippen molar-refractivity contribution in [3.8, 4) is 17.2 Å². The number of anilines is 1. The van der Waals surface area contributed by atoms with Crippen molar-refractivity contribution in [2.24, 2.45) is 5.10 Å². The Morgan fingerprint density at radius 3 is 2.37 bits per heavy atom. The Labute approximate surface area is 241 Å². The zero-order valence-corrected chi connectivity index (χ0v) is 23.0. The summed E-state index contributed by atoms with van der Waals surface area (Å²) in [6, 6.07) is 24.5. The van der Waals surface area contributed by atoms with Gasteiger partial charge in [-0.2, -0.15) is 5.10 Å². The summed E-state index contributed by atoms with van der Waals surface area (Å²) in [6.45, 7) is 2.15. The first-order valence-corrected chi connectivity index (χ1v) is 12.9. The van der Waals surface area contributed by atoms with Crippen molar-refractivity contribution in [2.45, 2.75) is 6.92 Å². The Kier molecular flexibility index (Phi) is 9.69. The Bertz CT molecular complexity index is 1590. The highest BCUT2D eigenvalue weighted by Gasteiger charge is 2.14. The molecule has 208 valence electrons. The van der Waals surface area contributed by atoms with Gasteiger partial charge in [0.05, 0.1) is 36.1 Å². The van der Waals surface area contributed by atoms with Crippen molar-refractivity contribution in [3.63, 3.8) is 0 Å². The van der Waals surface area contributed by atoms with E-state index in [-0.39, 0.29) is 11.3 Å². The molecule has 0 aliphatic carbocycles. The second-order valence-electron chi connectivity index (χ2n) is 8.47. The van der Waals surface area contributed by atoms with Crippen molar-refractivity contribution >= 4 is 41.3 Å². The van der Waals surface area contributed by atoms with Gasteiger partial charge >= 0.3 is 5.97 Å². The van der Waals surface area contributed by atoms with Gasteiger partial charge in [-0.25, -0.2) is 10.2 Å². The summed E-state index contributed by atoms with van der Waals surface area (Å²) >= 11 is 6.09. The lowest BCUT2D eigenvalue weighted by atomic mass is 10.1. The third kappa shape index (κ3) is 7.71. The number of halogens is 1. The second-order valence-corrected chi connectivity index (χ2v) is 8.88. The number of nitrogens with zero attached hydrogens (tertiary/aromatic N) is 1. The van der Waals surface area contributed by atoms with Gasteiger partial charge in [-0.15, -0.1) is 0 Å². The quantitative estimate of drug-likeness (QED) is 0.105. The van der Waals surface area contributed by atoms with Gasteiger partial charge in [0.15, 0.2) is 11.5 Å². The summed E-state index contributed by atoms with van der Waals surface area (Å²) in [5.74, 6) is -0.219. The molecule has 0 spiro atoms. The number of methoxy groups -OCH3 is 1. The average Bonchev–Trinajstić information content (AvgIpc) is 2.98. The maximum absolute atomic E-state index is 12.7. The van der Waals surface area contributed by atoms with Gasteiger partial charge in [0.2, 0.25) is 0 Å². The van der Waals surface area contributed by atoms with E-state index in [0.717, 1.165) is 0 Å². The summed E-state index contributed by atoms with van der Waals surface area (Å²) in [4.78, 5) is 37.8. The molecule has 4 rings (SSSR count). The molecule has 0 bridgehead atoms. The predicted octanol–water partition coefficient (Wildman–Crippen LogP) is 5.98. The molecule has 2 N–H and O–H groups in total. The van der Waals surface area contributed by atoms with Gasteiger partial charge in [-0.3, -0.25) is 9.59 Å². The molecule has 4 aromatic rings. The largest absolute Gasteiger partial charge is 0.497 e. The molecule has 2 amide bonds. The van der Waals surface area contributed by atoms with E-state index in [1.165, 1.54) is 12.3 Å². The van der Waals surface area contributed by atoms with Crippen LogP contribution < -0.4 is 25.0 Å². The summed E-state index contributed by atoms with van der Waals surface area (Å²) < 4.78 is 16.3. The van der Waals surface area contributed by atoms with Crippen LogP contribution in [0.2, 0.25) is 5.02 Å². The van der Waals surface area contributed by atoms with Crippen LogP contribution in [-0.2, 0) is 0 Å². The molecular weight excluding hydrogens is 546 g/mol. The summed E-state index contributed by atoms with van der Waals surface area (Å²) in [5.41, 5.74) is 4.44. The van der Waals surface area contributed by atoms with Gasteiger partial charge in [0.1, 0.15) is 5.75 Å². The molecule has 0 heterocycles. The van der Waals surface area contributed by atoms with E-state index in [4.69, 9.17) is 25.8 Å². The van der Waals surface area contributed by atoms with Gasteiger partial charge < -0.3 is 19.5 Å². The fourth-order valence-electron chi connectivity index (χ4n) is 3.66. The molecule has 0 saturated heterocycles. The summed E-state index contributed by atoms with van der Waals surface area (Å²) in [7, 11) is 1.54. The van der Waals surface area contributed by atoms with Crippen molar-refractivity contribution in [2.75, 3.05) is 19.0 Å².